The van der Waals surface area contributed by atoms with Crippen LogP contribution in [0, 0.1) is 17.2 Å². The second-order valence-electron chi connectivity index (χ2n) is 5.12. The molecule has 0 radical (unpaired) electrons. The molecule has 4 nitrogen and oxygen atoms in total. The van der Waals surface area contributed by atoms with Crippen LogP contribution >= 0.6 is 0 Å². The van der Waals surface area contributed by atoms with Gasteiger partial charge in [-0.05, 0) is 33.1 Å². The van der Waals surface area contributed by atoms with E-state index in [4.69, 9.17) is 10.00 Å². The molecule has 0 bridgehead atoms. The number of rotatable bonds is 0. The Hall–Kier alpha value is -1.24. The summed E-state index contributed by atoms with van der Waals surface area (Å²) in [5, 5.41) is 8.90. The van der Waals surface area contributed by atoms with Crippen molar-refractivity contribution in [3.8, 4) is 6.07 Å². The number of amides is 1. The van der Waals surface area contributed by atoms with Crippen molar-refractivity contribution in [1.29, 1.82) is 5.26 Å². The highest BCUT2D eigenvalue weighted by atomic mass is 16.6. The zero-order valence-corrected chi connectivity index (χ0v) is 9.78. The molecule has 0 spiro atoms. The highest BCUT2D eigenvalue weighted by molar-refractivity contribution is 5.69. The molecule has 1 rings (SSSR count). The van der Waals surface area contributed by atoms with Gasteiger partial charge in [-0.15, -0.1) is 0 Å². The molecule has 0 aromatic heterocycles. The van der Waals surface area contributed by atoms with E-state index in [2.05, 4.69) is 6.07 Å². The lowest BCUT2D eigenvalue weighted by molar-refractivity contribution is 0.0255. The van der Waals surface area contributed by atoms with E-state index >= 15 is 0 Å². The summed E-state index contributed by atoms with van der Waals surface area (Å²) in [6.07, 6.45) is 0.369. The Morgan fingerprint density at radius 1 is 1.53 bits per heavy atom. The van der Waals surface area contributed by atoms with Gasteiger partial charge < -0.3 is 4.74 Å². The highest BCUT2D eigenvalue weighted by Crippen LogP contribution is 2.24. The number of hydrogen-bond acceptors (Lipinski definition) is 3. The standard InChI is InChI=1S/C11H18N2O2/c1-8-5-9(6-12)13(7-8)10(14)15-11(2,3)4/h8-9H,5,7H2,1-4H3/t8-,9+/m1/s1. The average Bonchev–Trinajstić information content (AvgIpc) is 2.43. The molecule has 4 heteroatoms. The minimum absolute atomic E-state index is 0.324. The molecule has 0 aromatic rings. The largest absolute Gasteiger partial charge is 0.444 e. The van der Waals surface area contributed by atoms with Crippen molar-refractivity contribution >= 4 is 6.09 Å². The van der Waals surface area contributed by atoms with Gasteiger partial charge in [-0.3, -0.25) is 4.90 Å². The van der Waals surface area contributed by atoms with Gasteiger partial charge in [-0.25, -0.2) is 4.79 Å². The molecule has 1 heterocycles. The summed E-state index contributed by atoms with van der Waals surface area (Å²) in [5.74, 6) is 0.377. The Balaban J connectivity index is 2.64. The Kier molecular flexibility index (Phi) is 3.23. The number of nitriles is 1. The van der Waals surface area contributed by atoms with Gasteiger partial charge in [-0.2, -0.15) is 5.26 Å². The van der Waals surface area contributed by atoms with Gasteiger partial charge in [0, 0.05) is 6.54 Å². The van der Waals surface area contributed by atoms with E-state index in [9.17, 15) is 4.79 Å². The summed E-state index contributed by atoms with van der Waals surface area (Å²) < 4.78 is 5.24. The molecule has 1 amide bonds. The van der Waals surface area contributed by atoms with Crippen molar-refractivity contribution in [2.24, 2.45) is 5.92 Å². The molecular formula is C11H18N2O2. The first-order valence-electron chi connectivity index (χ1n) is 5.22. The number of nitrogens with zero attached hydrogens (tertiary/aromatic N) is 2. The van der Waals surface area contributed by atoms with Crippen molar-refractivity contribution in [3.05, 3.63) is 0 Å². The van der Waals surface area contributed by atoms with Crippen LogP contribution < -0.4 is 0 Å². The van der Waals surface area contributed by atoms with Gasteiger partial charge in [0.15, 0.2) is 0 Å². The molecule has 0 aliphatic carbocycles. The SMILES string of the molecule is C[C@@H]1C[C@@H](C#N)N(C(=O)OC(C)(C)C)C1. The van der Waals surface area contributed by atoms with E-state index in [0.29, 0.717) is 12.5 Å². The van der Waals surface area contributed by atoms with Gasteiger partial charge in [0.1, 0.15) is 11.6 Å². The number of ether oxygens (including phenoxy) is 1. The van der Waals surface area contributed by atoms with Crippen LogP contribution in [0.4, 0.5) is 4.79 Å². The number of hydrogen-bond donors (Lipinski definition) is 0. The maximum absolute atomic E-state index is 11.7. The second-order valence-corrected chi connectivity index (χ2v) is 5.12. The molecule has 1 aliphatic rings. The minimum Gasteiger partial charge on any atom is -0.444 e. The van der Waals surface area contributed by atoms with Gasteiger partial charge >= 0.3 is 6.09 Å². The molecule has 84 valence electrons. The number of carbonyl (C=O) groups is 1. The first-order chi connectivity index (χ1) is 6.83. The number of likely N-dealkylation sites (tertiary alicyclic amines) is 1. The molecule has 0 N–H and O–H groups in total. The summed E-state index contributed by atoms with van der Waals surface area (Å²) in [6.45, 7) is 8.13. The minimum atomic E-state index is -0.497. The van der Waals surface area contributed by atoms with E-state index < -0.39 is 5.60 Å². The third kappa shape index (κ3) is 3.12. The molecule has 1 aliphatic heterocycles. The molecule has 0 saturated carbocycles. The normalized spacial score (nSPS) is 26.2. The molecule has 2 atom stereocenters. The van der Waals surface area contributed by atoms with Crippen LogP contribution in [0.25, 0.3) is 0 Å². The fourth-order valence-electron chi connectivity index (χ4n) is 1.69. The fourth-order valence-corrected chi connectivity index (χ4v) is 1.69. The lowest BCUT2D eigenvalue weighted by atomic mass is 10.1. The summed E-state index contributed by atoms with van der Waals surface area (Å²) in [4.78, 5) is 13.3. The Bertz CT molecular complexity index is 288. The Morgan fingerprint density at radius 2 is 2.13 bits per heavy atom. The second kappa shape index (κ2) is 4.09. The molecule has 0 aromatic carbocycles. The zero-order chi connectivity index (χ0) is 11.6. The number of carbonyl (C=O) groups excluding carboxylic acids is 1. The van der Waals surface area contributed by atoms with Crippen LogP contribution in [-0.2, 0) is 4.74 Å². The Labute approximate surface area is 90.8 Å². The predicted molar refractivity (Wildman–Crippen MR) is 56.1 cm³/mol. The zero-order valence-electron chi connectivity index (χ0n) is 9.78. The maximum Gasteiger partial charge on any atom is 0.411 e. The smallest absolute Gasteiger partial charge is 0.411 e. The molecular weight excluding hydrogens is 192 g/mol. The van der Waals surface area contributed by atoms with Crippen molar-refractivity contribution < 1.29 is 9.53 Å². The molecule has 15 heavy (non-hydrogen) atoms. The van der Waals surface area contributed by atoms with Crippen LogP contribution in [0.15, 0.2) is 0 Å². The maximum atomic E-state index is 11.7. The monoisotopic (exact) mass is 210 g/mol. The van der Waals surface area contributed by atoms with Gasteiger partial charge in [0.25, 0.3) is 0 Å². The Morgan fingerprint density at radius 3 is 2.60 bits per heavy atom. The molecule has 1 saturated heterocycles. The molecule has 0 unspecified atom stereocenters. The third-order valence-electron chi connectivity index (χ3n) is 2.29. The van der Waals surface area contributed by atoms with Crippen molar-refractivity contribution in [2.75, 3.05) is 6.54 Å². The van der Waals surface area contributed by atoms with Crippen molar-refractivity contribution in [1.82, 2.24) is 4.90 Å². The highest BCUT2D eigenvalue weighted by Gasteiger charge is 2.35. The van der Waals surface area contributed by atoms with E-state index in [1.54, 1.807) is 0 Å². The first-order valence-corrected chi connectivity index (χ1v) is 5.22. The molecule has 1 fully saturated rings. The summed E-state index contributed by atoms with van der Waals surface area (Å²) in [6, 6.07) is 1.81. The van der Waals surface area contributed by atoms with Gasteiger partial charge in [-0.1, -0.05) is 6.92 Å². The topological polar surface area (TPSA) is 53.3 Å². The van der Waals surface area contributed by atoms with Crippen molar-refractivity contribution in [2.45, 2.75) is 45.8 Å². The van der Waals surface area contributed by atoms with Crippen LogP contribution in [0.3, 0.4) is 0 Å². The summed E-state index contributed by atoms with van der Waals surface area (Å²) >= 11 is 0. The van der Waals surface area contributed by atoms with E-state index in [-0.39, 0.29) is 12.1 Å². The van der Waals surface area contributed by atoms with E-state index in [0.717, 1.165) is 6.42 Å². The first kappa shape index (κ1) is 11.8. The third-order valence-corrected chi connectivity index (χ3v) is 2.29. The van der Waals surface area contributed by atoms with Gasteiger partial charge in [0.2, 0.25) is 0 Å². The lowest BCUT2D eigenvalue weighted by Gasteiger charge is -2.25. The van der Waals surface area contributed by atoms with E-state index in [1.165, 1.54) is 4.90 Å². The fraction of sp³-hybridized carbons (Fsp3) is 0.818. The van der Waals surface area contributed by atoms with E-state index in [1.807, 2.05) is 27.7 Å². The van der Waals surface area contributed by atoms with Crippen LogP contribution in [0.5, 0.6) is 0 Å². The van der Waals surface area contributed by atoms with Crippen LogP contribution in [0.1, 0.15) is 34.1 Å². The van der Waals surface area contributed by atoms with Gasteiger partial charge in [0.05, 0.1) is 6.07 Å². The average molecular weight is 210 g/mol. The van der Waals surface area contributed by atoms with Crippen LogP contribution in [-0.4, -0.2) is 29.2 Å². The quantitative estimate of drug-likeness (QED) is 0.615. The summed E-state index contributed by atoms with van der Waals surface area (Å²) in [7, 11) is 0. The predicted octanol–water partition coefficient (Wildman–Crippen LogP) is 2.16. The summed E-state index contributed by atoms with van der Waals surface area (Å²) in [5.41, 5.74) is -0.497. The lowest BCUT2D eigenvalue weighted by Crippen LogP contribution is -2.39. The van der Waals surface area contributed by atoms with Crippen LogP contribution in [0.2, 0.25) is 0 Å². The van der Waals surface area contributed by atoms with Crippen molar-refractivity contribution in [3.63, 3.8) is 0 Å².